The Hall–Kier alpha value is -0.520. The lowest BCUT2D eigenvalue weighted by Gasteiger charge is -2.14. The topological polar surface area (TPSA) is 23.5 Å². The van der Waals surface area contributed by atoms with Crippen molar-refractivity contribution >= 4 is 0 Å². The van der Waals surface area contributed by atoms with Gasteiger partial charge in [-0.1, -0.05) is 5.92 Å². The molecule has 1 saturated heterocycles. The molecule has 0 aliphatic carbocycles. The highest BCUT2D eigenvalue weighted by molar-refractivity contribution is 4.99. The number of nitrogens with zero attached hydrogens (tertiary/aromatic N) is 1. The van der Waals surface area contributed by atoms with Gasteiger partial charge in [0.25, 0.3) is 0 Å². The van der Waals surface area contributed by atoms with Gasteiger partial charge in [0.1, 0.15) is 6.23 Å². The van der Waals surface area contributed by atoms with Crippen LogP contribution in [-0.2, 0) is 0 Å². The summed E-state index contributed by atoms with van der Waals surface area (Å²) >= 11 is 0. The van der Waals surface area contributed by atoms with E-state index in [1.807, 2.05) is 11.9 Å². The Labute approximate surface area is 55.5 Å². The van der Waals surface area contributed by atoms with E-state index in [0.29, 0.717) is 0 Å². The van der Waals surface area contributed by atoms with Crippen LogP contribution in [0.5, 0.6) is 0 Å². The molecule has 0 saturated carbocycles. The number of rotatable bonds is 0. The molecule has 0 aromatic heterocycles. The molecule has 1 heterocycles. The first-order valence-corrected chi connectivity index (χ1v) is 3.10. The molecular weight excluding hydrogens is 114 g/mol. The van der Waals surface area contributed by atoms with Gasteiger partial charge in [0.05, 0.1) is 5.92 Å². The van der Waals surface area contributed by atoms with E-state index in [-0.39, 0.29) is 5.92 Å². The van der Waals surface area contributed by atoms with Crippen molar-refractivity contribution in [2.45, 2.75) is 12.6 Å². The normalized spacial score (nSPS) is 36.6. The maximum atomic E-state index is 9.24. The van der Waals surface area contributed by atoms with Crippen molar-refractivity contribution in [3.8, 4) is 12.3 Å². The Morgan fingerprint density at radius 3 is 2.67 bits per heavy atom. The van der Waals surface area contributed by atoms with E-state index < -0.39 is 6.23 Å². The summed E-state index contributed by atoms with van der Waals surface area (Å²) in [6.07, 6.45) is 5.67. The third kappa shape index (κ3) is 1.07. The van der Waals surface area contributed by atoms with Gasteiger partial charge in [0.2, 0.25) is 0 Å². The van der Waals surface area contributed by atoms with Crippen LogP contribution in [0.3, 0.4) is 0 Å². The summed E-state index contributed by atoms with van der Waals surface area (Å²) in [5.74, 6) is 2.60. The monoisotopic (exact) mass is 125 g/mol. The molecule has 2 heteroatoms. The Balaban J connectivity index is 2.54. The quantitative estimate of drug-likeness (QED) is 0.457. The highest BCUT2D eigenvalue weighted by Gasteiger charge is 2.27. The van der Waals surface area contributed by atoms with Crippen molar-refractivity contribution in [3.63, 3.8) is 0 Å². The van der Waals surface area contributed by atoms with Gasteiger partial charge in [-0.25, -0.2) is 0 Å². The molecule has 0 aromatic carbocycles. The van der Waals surface area contributed by atoms with Gasteiger partial charge in [-0.15, -0.1) is 6.42 Å². The number of likely N-dealkylation sites (tertiary alicyclic amines) is 1. The highest BCUT2D eigenvalue weighted by atomic mass is 16.3. The van der Waals surface area contributed by atoms with E-state index in [1.165, 1.54) is 0 Å². The molecule has 0 bridgehead atoms. The van der Waals surface area contributed by atoms with Crippen molar-refractivity contribution in [3.05, 3.63) is 0 Å². The van der Waals surface area contributed by atoms with E-state index >= 15 is 0 Å². The zero-order valence-corrected chi connectivity index (χ0v) is 5.54. The third-order valence-electron chi connectivity index (χ3n) is 1.82. The molecule has 0 aromatic rings. The standard InChI is InChI=1S/C7H11NO/c1-3-6-4-5-8(2)7(6)9/h1,6-7,9H,4-5H2,2H3. The largest absolute Gasteiger partial charge is 0.377 e. The fraction of sp³-hybridized carbons (Fsp3) is 0.714. The van der Waals surface area contributed by atoms with Gasteiger partial charge in [-0.05, 0) is 13.5 Å². The molecule has 9 heavy (non-hydrogen) atoms. The molecule has 1 aliphatic heterocycles. The van der Waals surface area contributed by atoms with Crippen LogP contribution in [0.25, 0.3) is 0 Å². The SMILES string of the molecule is C#CC1CCN(C)C1O. The zero-order valence-electron chi connectivity index (χ0n) is 5.54. The van der Waals surface area contributed by atoms with Crippen molar-refractivity contribution in [2.24, 2.45) is 5.92 Å². The van der Waals surface area contributed by atoms with Crippen LogP contribution < -0.4 is 0 Å². The zero-order chi connectivity index (χ0) is 6.85. The second-order valence-electron chi connectivity index (χ2n) is 2.46. The summed E-state index contributed by atoms with van der Waals surface area (Å²) in [6.45, 7) is 0.913. The minimum absolute atomic E-state index is 0.0509. The molecule has 0 radical (unpaired) electrons. The van der Waals surface area contributed by atoms with Gasteiger partial charge in [0, 0.05) is 6.54 Å². The van der Waals surface area contributed by atoms with Gasteiger partial charge >= 0.3 is 0 Å². The predicted molar refractivity (Wildman–Crippen MR) is 35.6 cm³/mol. The van der Waals surface area contributed by atoms with Crippen LogP contribution in [0.15, 0.2) is 0 Å². The number of hydrogen-bond donors (Lipinski definition) is 1. The molecule has 1 rings (SSSR count). The second-order valence-corrected chi connectivity index (χ2v) is 2.46. The summed E-state index contributed by atoms with van der Waals surface area (Å²) in [4.78, 5) is 1.87. The lowest BCUT2D eigenvalue weighted by molar-refractivity contribution is 0.0392. The van der Waals surface area contributed by atoms with Crippen LogP contribution in [-0.4, -0.2) is 29.8 Å². The summed E-state index contributed by atoms with van der Waals surface area (Å²) < 4.78 is 0. The Kier molecular flexibility index (Phi) is 1.75. The van der Waals surface area contributed by atoms with Gasteiger partial charge < -0.3 is 5.11 Å². The third-order valence-corrected chi connectivity index (χ3v) is 1.82. The predicted octanol–water partition coefficient (Wildman–Crippen LogP) is -0.110. The number of aliphatic hydroxyl groups is 1. The molecule has 2 unspecified atom stereocenters. The molecule has 1 N–H and O–H groups in total. The summed E-state index contributed by atoms with van der Waals surface area (Å²) in [6, 6.07) is 0. The number of terminal acetylenes is 1. The van der Waals surface area contributed by atoms with Crippen LogP contribution in [0.1, 0.15) is 6.42 Å². The first-order valence-electron chi connectivity index (χ1n) is 3.10. The first kappa shape index (κ1) is 6.60. The molecular formula is C7H11NO. The van der Waals surface area contributed by atoms with Crippen molar-refractivity contribution < 1.29 is 5.11 Å². The molecule has 0 spiro atoms. The summed E-state index contributed by atoms with van der Waals surface area (Å²) in [5, 5.41) is 9.24. The molecule has 1 aliphatic rings. The van der Waals surface area contributed by atoms with Crippen LogP contribution in [0, 0.1) is 18.3 Å². The Morgan fingerprint density at radius 2 is 2.44 bits per heavy atom. The molecule has 2 nitrogen and oxygen atoms in total. The summed E-state index contributed by atoms with van der Waals surface area (Å²) in [7, 11) is 1.88. The van der Waals surface area contributed by atoms with E-state index in [0.717, 1.165) is 13.0 Å². The Bertz CT molecular complexity index is 138. The summed E-state index contributed by atoms with van der Waals surface area (Å²) in [5.41, 5.74) is 0. The molecule has 0 amide bonds. The minimum Gasteiger partial charge on any atom is -0.377 e. The van der Waals surface area contributed by atoms with Crippen molar-refractivity contribution in [1.29, 1.82) is 0 Å². The highest BCUT2D eigenvalue weighted by Crippen LogP contribution is 2.18. The van der Waals surface area contributed by atoms with Gasteiger partial charge in [0.15, 0.2) is 0 Å². The van der Waals surface area contributed by atoms with Gasteiger partial charge in [-0.2, -0.15) is 0 Å². The number of aliphatic hydroxyl groups excluding tert-OH is 1. The Morgan fingerprint density at radius 1 is 1.78 bits per heavy atom. The fourth-order valence-electron chi connectivity index (χ4n) is 1.10. The van der Waals surface area contributed by atoms with Crippen molar-refractivity contribution in [2.75, 3.05) is 13.6 Å². The average molecular weight is 125 g/mol. The first-order chi connectivity index (χ1) is 4.25. The maximum absolute atomic E-state index is 9.24. The van der Waals surface area contributed by atoms with Crippen molar-refractivity contribution in [1.82, 2.24) is 4.90 Å². The average Bonchev–Trinajstić information content (AvgIpc) is 2.15. The minimum atomic E-state index is -0.407. The molecule has 2 atom stereocenters. The van der Waals surface area contributed by atoms with Gasteiger partial charge in [-0.3, -0.25) is 4.90 Å². The molecule has 50 valence electrons. The van der Waals surface area contributed by atoms with E-state index in [2.05, 4.69) is 5.92 Å². The van der Waals surface area contributed by atoms with Crippen LogP contribution in [0.2, 0.25) is 0 Å². The lowest BCUT2D eigenvalue weighted by atomic mass is 10.1. The fourth-order valence-corrected chi connectivity index (χ4v) is 1.10. The maximum Gasteiger partial charge on any atom is 0.121 e. The second kappa shape index (κ2) is 2.38. The van der Waals surface area contributed by atoms with E-state index in [4.69, 9.17) is 6.42 Å². The number of hydrogen-bond acceptors (Lipinski definition) is 2. The van der Waals surface area contributed by atoms with E-state index in [9.17, 15) is 5.11 Å². The smallest absolute Gasteiger partial charge is 0.121 e. The lowest BCUT2D eigenvalue weighted by Crippen LogP contribution is -2.27. The van der Waals surface area contributed by atoms with Crippen LogP contribution >= 0.6 is 0 Å². The van der Waals surface area contributed by atoms with E-state index in [1.54, 1.807) is 0 Å². The molecule has 1 fully saturated rings. The van der Waals surface area contributed by atoms with Crippen LogP contribution in [0.4, 0.5) is 0 Å².